The zero-order chi connectivity index (χ0) is 22.9. The first-order valence-corrected chi connectivity index (χ1v) is 11.9. The Morgan fingerprint density at radius 1 is 0.939 bits per heavy atom. The molecule has 5 heteroatoms. The number of anilines is 1. The summed E-state index contributed by atoms with van der Waals surface area (Å²) in [6, 6.07) is 14.5. The van der Waals surface area contributed by atoms with E-state index in [1.54, 1.807) is 0 Å². The normalized spacial score (nSPS) is 31.9. The predicted octanol–water partition coefficient (Wildman–Crippen LogP) is 3.91. The van der Waals surface area contributed by atoms with E-state index in [-0.39, 0.29) is 41.4 Å². The minimum atomic E-state index is -0.865. The van der Waals surface area contributed by atoms with Crippen molar-refractivity contribution in [2.24, 2.45) is 35.5 Å². The Hall–Kier alpha value is -3.21. The number of allylic oxidation sites excluding steroid dienone is 2. The fraction of sp³-hybridized carbons (Fsp3) is 0.393. The van der Waals surface area contributed by atoms with E-state index in [9.17, 15) is 14.4 Å². The first-order valence-electron chi connectivity index (χ1n) is 11.9. The molecule has 1 heterocycles. The highest BCUT2D eigenvalue weighted by Crippen LogP contribution is 2.65. The van der Waals surface area contributed by atoms with Gasteiger partial charge in [0.15, 0.2) is 0 Å². The maximum atomic E-state index is 13.7. The average molecular weight is 441 g/mol. The number of imide groups is 1. The van der Waals surface area contributed by atoms with Gasteiger partial charge in [-0.2, -0.15) is 0 Å². The van der Waals surface area contributed by atoms with E-state index in [2.05, 4.69) is 17.5 Å². The summed E-state index contributed by atoms with van der Waals surface area (Å²) in [6.45, 7) is 4.02. The third kappa shape index (κ3) is 3.17. The number of aryl methyl sites for hydroxylation is 2. The SMILES string of the molecule is Cc1ccc(NC(=O)[C@H](Cc2ccccc2)N2C(=O)[C@H]3[C@@H]4C=C[C@H]([C@H]5C[C@H]45)[C@@H]3C2=O)cc1C. The van der Waals surface area contributed by atoms with E-state index < -0.39 is 6.04 Å². The van der Waals surface area contributed by atoms with Gasteiger partial charge < -0.3 is 5.32 Å². The number of nitrogens with zero attached hydrogens (tertiary/aromatic N) is 1. The van der Waals surface area contributed by atoms with Crippen LogP contribution >= 0.6 is 0 Å². The number of benzene rings is 2. The Morgan fingerprint density at radius 2 is 1.58 bits per heavy atom. The fourth-order valence-electron chi connectivity index (χ4n) is 6.47. The number of hydrogen-bond acceptors (Lipinski definition) is 3. The lowest BCUT2D eigenvalue weighted by Gasteiger charge is -2.37. The van der Waals surface area contributed by atoms with Gasteiger partial charge in [0.05, 0.1) is 11.8 Å². The molecule has 168 valence electrons. The molecule has 4 aliphatic carbocycles. The summed E-state index contributed by atoms with van der Waals surface area (Å²) < 4.78 is 0. The topological polar surface area (TPSA) is 66.5 Å². The molecule has 7 atom stereocenters. The van der Waals surface area contributed by atoms with Crippen molar-refractivity contribution in [3.8, 4) is 0 Å². The summed E-state index contributed by atoms with van der Waals surface area (Å²) >= 11 is 0. The number of likely N-dealkylation sites (tertiary alicyclic amines) is 1. The molecular weight excluding hydrogens is 412 g/mol. The maximum Gasteiger partial charge on any atom is 0.248 e. The van der Waals surface area contributed by atoms with Crippen LogP contribution in [0, 0.1) is 49.4 Å². The molecule has 2 aromatic carbocycles. The Labute approximate surface area is 193 Å². The van der Waals surface area contributed by atoms with Gasteiger partial charge in [-0.05, 0) is 72.8 Å². The summed E-state index contributed by atoms with van der Waals surface area (Å²) in [5.74, 6) is 0.126. The van der Waals surface area contributed by atoms with Crippen LogP contribution in [-0.2, 0) is 20.8 Å². The molecule has 2 bridgehead atoms. The van der Waals surface area contributed by atoms with Crippen molar-refractivity contribution >= 4 is 23.4 Å². The lowest BCUT2D eigenvalue weighted by atomic mass is 9.63. The van der Waals surface area contributed by atoms with Crippen molar-refractivity contribution in [1.29, 1.82) is 0 Å². The van der Waals surface area contributed by atoms with Gasteiger partial charge in [-0.3, -0.25) is 19.3 Å². The molecule has 5 aliphatic rings. The van der Waals surface area contributed by atoms with Gasteiger partial charge in [0, 0.05) is 12.1 Å². The molecule has 0 unspecified atom stereocenters. The lowest BCUT2D eigenvalue weighted by Crippen LogP contribution is -2.49. The standard InChI is InChI=1S/C28H28N2O3/c1-15-8-9-18(12-16(15)2)29-26(31)23(13-17-6-4-3-5-7-17)30-27(32)24-19-10-11-20(22-14-21(19)22)25(24)28(30)33/h3-12,19-25H,13-14H2,1-2H3,(H,29,31)/t19-,20-,21-,22-,23+,24+,25+/m1/s1. The van der Waals surface area contributed by atoms with E-state index in [1.807, 2.05) is 62.4 Å². The highest BCUT2D eigenvalue weighted by molar-refractivity contribution is 6.10. The molecule has 3 fully saturated rings. The molecular formula is C28H28N2O3. The predicted molar refractivity (Wildman–Crippen MR) is 125 cm³/mol. The third-order valence-corrected chi connectivity index (χ3v) is 8.36. The maximum absolute atomic E-state index is 13.7. The smallest absolute Gasteiger partial charge is 0.248 e. The zero-order valence-electron chi connectivity index (χ0n) is 18.9. The third-order valence-electron chi connectivity index (χ3n) is 8.36. The van der Waals surface area contributed by atoms with E-state index in [4.69, 9.17) is 0 Å². The molecule has 0 aromatic heterocycles. The first kappa shape index (κ1) is 20.4. The van der Waals surface area contributed by atoms with Crippen molar-refractivity contribution in [3.63, 3.8) is 0 Å². The van der Waals surface area contributed by atoms with Crippen LogP contribution in [0.25, 0.3) is 0 Å². The van der Waals surface area contributed by atoms with Crippen molar-refractivity contribution < 1.29 is 14.4 Å². The fourth-order valence-corrected chi connectivity index (χ4v) is 6.47. The van der Waals surface area contributed by atoms with Crippen LogP contribution in [0.3, 0.4) is 0 Å². The van der Waals surface area contributed by atoms with Gasteiger partial charge in [0.25, 0.3) is 0 Å². The first-order chi connectivity index (χ1) is 15.9. The van der Waals surface area contributed by atoms with Crippen LogP contribution in [-0.4, -0.2) is 28.7 Å². The van der Waals surface area contributed by atoms with Crippen LogP contribution in [0.1, 0.15) is 23.1 Å². The van der Waals surface area contributed by atoms with Gasteiger partial charge in [0.1, 0.15) is 6.04 Å². The van der Waals surface area contributed by atoms with E-state index in [0.717, 1.165) is 23.1 Å². The molecule has 0 radical (unpaired) electrons. The van der Waals surface area contributed by atoms with Gasteiger partial charge in [0.2, 0.25) is 17.7 Å². The number of carbonyl (C=O) groups is 3. The van der Waals surface area contributed by atoms with Crippen LogP contribution in [0.15, 0.2) is 60.7 Å². The van der Waals surface area contributed by atoms with Crippen molar-refractivity contribution in [2.45, 2.75) is 32.7 Å². The second kappa shape index (κ2) is 7.41. The highest BCUT2D eigenvalue weighted by atomic mass is 16.2. The minimum Gasteiger partial charge on any atom is -0.324 e. The Balaban J connectivity index is 1.33. The number of nitrogens with one attached hydrogen (secondary N) is 1. The van der Waals surface area contributed by atoms with Crippen molar-refractivity contribution in [1.82, 2.24) is 4.90 Å². The second-order valence-electron chi connectivity index (χ2n) is 10.2. The van der Waals surface area contributed by atoms with Crippen molar-refractivity contribution in [3.05, 3.63) is 77.4 Å². The summed E-state index contributed by atoms with van der Waals surface area (Å²) in [7, 11) is 0. The van der Waals surface area contributed by atoms with Crippen LogP contribution in [0.4, 0.5) is 5.69 Å². The monoisotopic (exact) mass is 440 g/mol. The Kier molecular flexibility index (Phi) is 4.58. The second-order valence-corrected chi connectivity index (χ2v) is 10.2. The van der Waals surface area contributed by atoms with Gasteiger partial charge >= 0.3 is 0 Å². The molecule has 1 saturated heterocycles. The summed E-state index contributed by atoms with van der Waals surface area (Å²) in [4.78, 5) is 42.3. The largest absolute Gasteiger partial charge is 0.324 e. The molecule has 7 rings (SSSR count). The zero-order valence-corrected chi connectivity index (χ0v) is 18.9. The van der Waals surface area contributed by atoms with Gasteiger partial charge in [-0.15, -0.1) is 0 Å². The summed E-state index contributed by atoms with van der Waals surface area (Å²) in [5, 5.41) is 2.98. The van der Waals surface area contributed by atoms with E-state index in [1.165, 1.54) is 4.90 Å². The average Bonchev–Trinajstić information content (AvgIpc) is 3.59. The molecule has 2 aromatic rings. The summed E-state index contributed by atoms with van der Waals surface area (Å²) in [5.41, 5.74) is 3.83. The molecule has 1 N–H and O–H groups in total. The number of hydrogen-bond donors (Lipinski definition) is 1. The Morgan fingerprint density at radius 3 is 2.18 bits per heavy atom. The van der Waals surface area contributed by atoms with Crippen LogP contribution < -0.4 is 5.32 Å². The van der Waals surface area contributed by atoms with Crippen LogP contribution in [0.5, 0.6) is 0 Å². The van der Waals surface area contributed by atoms with Gasteiger partial charge in [-0.25, -0.2) is 0 Å². The molecule has 33 heavy (non-hydrogen) atoms. The quantitative estimate of drug-likeness (QED) is 0.566. The molecule has 2 saturated carbocycles. The molecule has 5 nitrogen and oxygen atoms in total. The summed E-state index contributed by atoms with van der Waals surface area (Å²) in [6.07, 6.45) is 5.76. The number of carbonyl (C=O) groups excluding carboxylic acids is 3. The molecule has 3 amide bonds. The Bertz CT molecular complexity index is 1150. The number of amides is 3. The minimum absolute atomic E-state index is 0.145. The lowest BCUT2D eigenvalue weighted by molar-refractivity contribution is -0.146. The number of rotatable bonds is 5. The van der Waals surface area contributed by atoms with E-state index >= 15 is 0 Å². The van der Waals surface area contributed by atoms with Crippen LogP contribution in [0.2, 0.25) is 0 Å². The molecule has 1 aliphatic heterocycles. The molecule has 0 spiro atoms. The highest BCUT2D eigenvalue weighted by Gasteiger charge is 2.67. The van der Waals surface area contributed by atoms with Gasteiger partial charge in [-0.1, -0.05) is 48.6 Å². The van der Waals surface area contributed by atoms with E-state index in [0.29, 0.717) is 23.9 Å². The van der Waals surface area contributed by atoms with Crippen molar-refractivity contribution in [2.75, 3.05) is 5.32 Å².